The van der Waals surface area contributed by atoms with Crippen molar-refractivity contribution >= 4 is 13.3 Å². The van der Waals surface area contributed by atoms with Crippen molar-refractivity contribution in [2.45, 2.75) is 19.0 Å². The number of benzene rings is 1. The molecule has 1 fully saturated rings. The molecule has 0 bridgehead atoms. The Labute approximate surface area is 111 Å². The van der Waals surface area contributed by atoms with Gasteiger partial charge in [-0.25, -0.2) is 0 Å². The third-order valence-electron chi connectivity index (χ3n) is 3.36. The van der Waals surface area contributed by atoms with Crippen LogP contribution in [-0.2, 0) is 6.54 Å². The summed E-state index contributed by atoms with van der Waals surface area (Å²) in [5.74, 6) is 0. The summed E-state index contributed by atoms with van der Waals surface area (Å²) in [4.78, 5) is 4.83. The Bertz CT molecular complexity index is 343. The van der Waals surface area contributed by atoms with Gasteiger partial charge in [-0.1, -0.05) is 0 Å². The fraction of sp³-hybridized carbons (Fsp3) is 0.538. The van der Waals surface area contributed by atoms with Crippen molar-refractivity contribution in [3.8, 4) is 0 Å². The zero-order valence-corrected chi connectivity index (χ0v) is 11.1. The molecule has 1 aromatic rings. The second-order valence-corrected chi connectivity index (χ2v) is 4.88. The van der Waals surface area contributed by atoms with E-state index in [2.05, 4.69) is 36.0 Å². The van der Waals surface area contributed by atoms with E-state index in [1.807, 2.05) is 12.1 Å². The summed E-state index contributed by atoms with van der Waals surface area (Å²) in [5, 5.41) is 0. The van der Waals surface area contributed by atoms with E-state index in [4.69, 9.17) is 7.85 Å². The second kappa shape index (κ2) is 7.54. The predicted octanol–water partition coefficient (Wildman–Crippen LogP) is 0.263. The number of hydrogen-bond acceptors (Lipinski definition) is 4. The summed E-state index contributed by atoms with van der Waals surface area (Å²) in [6, 6.07) is 8.93. The Morgan fingerprint density at radius 1 is 1.22 bits per heavy atom. The van der Waals surface area contributed by atoms with E-state index in [1.54, 1.807) is 0 Å². The molecule has 0 radical (unpaired) electrons. The van der Waals surface area contributed by atoms with Crippen LogP contribution in [0.3, 0.4) is 0 Å². The normalized spacial score (nSPS) is 19.5. The average molecular weight is 248 g/mol. The summed E-state index contributed by atoms with van der Waals surface area (Å²) in [7, 11) is 10.0. The summed E-state index contributed by atoms with van der Waals surface area (Å²) < 4.78 is 0. The third-order valence-corrected chi connectivity index (χ3v) is 3.36. The Hall–Kier alpha value is -0.875. The Morgan fingerprint density at radius 3 is 2.33 bits per heavy atom. The molecule has 0 spiro atoms. The number of hydrogen-bond donors (Lipinski definition) is 0. The molecule has 4 nitrogen and oxygen atoms in total. The van der Waals surface area contributed by atoms with Gasteiger partial charge in [0, 0.05) is 0 Å². The monoisotopic (exact) mass is 248 g/mol. The quantitative estimate of drug-likeness (QED) is 0.720. The Kier molecular flexibility index (Phi) is 7.17. The number of rotatable bonds is 3. The standard InChI is InChI=1S/C13H19BN2.2H2O/c1-15(2)13-7-8-16(10-13)9-11-3-5-12(14)6-4-11;;/h3-6,13H,7-10H2,1-2H3;2*1H2/q+2;;/p-2/t13-;;/m1../s1. The molecule has 98 valence electrons. The van der Waals surface area contributed by atoms with E-state index in [0.29, 0.717) is 6.04 Å². The minimum atomic E-state index is 0. The maximum absolute atomic E-state index is 5.68. The molecular formula is C13H21BN2O2. The molecule has 0 unspecified atom stereocenters. The smallest absolute Gasteiger partial charge is 0.870 e. The molecule has 1 saturated heterocycles. The van der Waals surface area contributed by atoms with Crippen molar-refractivity contribution in [1.29, 1.82) is 0 Å². The molecule has 0 saturated carbocycles. The van der Waals surface area contributed by atoms with E-state index >= 15 is 0 Å². The van der Waals surface area contributed by atoms with Crippen LogP contribution in [0.15, 0.2) is 24.3 Å². The average Bonchev–Trinajstić information content (AvgIpc) is 2.70. The summed E-state index contributed by atoms with van der Waals surface area (Å²) in [6.45, 7) is 3.43. The van der Waals surface area contributed by atoms with Crippen LogP contribution >= 0.6 is 0 Å². The van der Waals surface area contributed by atoms with Crippen LogP contribution in [0.2, 0.25) is 0 Å². The van der Waals surface area contributed by atoms with Gasteiger partial charge in [0.25, 0.3) is 0 Å². The molecule has 2 rings (SSSR count). The van der Waals surface area contributed by atoms with Gasteiger partial charge in [0.1, 0.15) is 0 Å². The van der Waals surface area contributed by atoms with Gasteiger partial charge in [-0.3, -0.25) is 0 Å². The van der Waals surface area contributed by atoms with Gasteiger partial charge in [0.15, 0.2) is 0 Å². The van der Waals surface area contributed by atoms with Gasteiger partial charge in [-0.05, 0) is 0 Å². The molecule has 1 aromatic carbocycles. The van der Waals surface area contributed by atoms with Crippen LogP contribution in [0.4, 0.5) is 0 Å². The number of likely N-dealkylation sites (N-methyl/N-ethyl adjacent to an activating group) is 1. The van der Waals surface area contributed by atoms with Gasteiger partial charge in [-0.2, -0.15) is 0 Å². The van der Waals surface area contributed by atoms with Crippen LogP contribution in [0.25, 0.3) is 0 Å². The molecule has 5 heteroatoms. The first-order valence-corrected chi connectivity index (χ1v) is 5.88. The van der Waals surface area contributed by atoms with Crippen molar-refractivity contribution in [3.63, 3.8) is 0 Å². The minimum Gasteiger partial charge on any atom is -0.870 e. The molecular weight excluding hydrogens is 227 g/mol. The third kappa shape index (κ3) is 4.42. The summed E-state index contributed by atoms with van der Waals surface area (Å²) in [5.41, 5.74) is 2.20. The van der Waals surface area contributed by atoms with Crippen LogP contribution in [-0.4, -0.2) is 61.8 Å². The predicted molar refractivity (Wildman–Crippen MR) is 73.1 cm³/mol. The molecule has 0 amide bonds. The molecule has 1 heterocycles. The van der Waals surface area contributed by atoms with Crippen molar-refractivity contribution in [2.24, 2.45) is 0 Å². The fourth-order valence-electron chi connectivity index (χ4n) is 2.26. The topological polar surface area (TPSA) is 66.5 Å². The first kappa shape index (κ1) is 17.1. The largest absolute Gasteiger partial charge is 0.870 e. The number of likely N-dealkylation sites (tertiary alicyclic amines) is 1. The van der Waals surface area contributed by atoms with Gasteiger partial charge in [0.2, 0.25) is 0 Å². The summed E-state index contributed by atoms with van der Waals surface area (Å²) in [6.07, 6.45) is 1.28. The fourth-order valence-corrected chi connectivity index (χ4v) is 2.26. The Balaban J connectivity index is 0.00000144. The van der Waals surface area contributed by atoms with Crippen LogP contribution in [0.1, 0.15) is 12.0 Å². The SMILES string of the molecule is [B+2]c1ccc(CN2CC[C@@H](N(C)C)C2)cc1.[OH-].[OH-]. The molecule has 0 aromatic heterocycles. The van der Waals surface area contributed by atoms with E-state index in [9.17, 15) is 0 Å². The Morgan fingerprint density at radius 2 is 1.83 bits per heavy atom. The maximum Gasteiger partial charge on any atom is -0.870 e. The second-order valence-electron chi connectivity index (χ2n) is 4.88. The molecule has 1 aliphatic rings. The van der Waals surface area contributed by atoms with E-state index in [0.717, 1.165) is 12.0 Å². The van der Waals surface area contributed by atoms with Crippen LogP contribution in [0.5, 0.6) is 0 Å². The zero-order valence-electron chi connectivity index (χ0n) is 11.1. The van der Waals surface area contributed by atoms with Gasteiger partial charge >= 0.3 is 99.1 Å². The van der Waals surface area contributed by atoms with Crippen molar-refractivity contribution in [1.82, 2.24) is 9.80 Å². The van der Waals surface area contributed by atoms with E-state index in [1.165, 1.54) is 25.1 Å². The molecule has 1 aliphatic heterocycles. The molecule has 0 aliphatic carbocycles. The van der Waals surface area contributed by atoms with Gasteiger partial charge < -0.3 is 11.0 Å². The first-order valence-electron chi connectivity index (χ1n) is 5.88. The summed E-state index contributed by atoms with van der Waals surface area (Å²) >= 11 is 0. The molecule has 1 atom stereocenters. The van der Waals surface area contributed by atoms with E-state index in [-0.39, 0.29) is 11.0 Å². The molecule has 2 N–H and O–H groups in total. The maximum atomic E-state index is 5.68. The first-order chi connectivity index (χ1) is 7.65. The zero-order chi connectivity index (χ0) is 11.5. The van der Waals surface area contributed by atoms with Crippen molar-refractivity contribution < 1.29 is 11.0 Å². The van der Waals surface area contributed by atoms with Crippen molar-refractivity contribution in [3.05, 3.63) is 29.8 Å². The van der Waals surface area contributed by atoms with Gasteiger partial charge in [0.05, 0.1) is 0 Å². The van der Waals surface area contributed by atoms with Gasteiger partial charge in [-0.15, -0.1) is 0 Å². The molecule has 18 heavy (non-hydrogen) atoms. The van der Waals surface area contributed by atoms with E-state index < -0.39 is 0 Å². The van der Waals surface area contributed by atoms with Crippen LogP contribution < -0.4 is 5.46 Å². The van der Waals surface area contributed by atoms with Crippen LogP contribution in [0, 0.1) is 0 Å². The van der Waals surface area contributed by atoms with Crippen molar-refractivity contribution in [2.75, 3.05) is 27.2 Å². The number of nitrogens with zero attached hydrogens (tertiary/aromatic N) is 2. The minimum absolute atomic E-state index is 0.